The van der Waals surface area contributed by atoms with Gasteiger partial charge in [-0.1, -0.05) is 35.9 Å². The van der Waals surface area contributed by atoms with Crippen LogP contribution in [-0.4, -0.2) is 130 Å². The highest BCUT2D eigenvalue weighted by atomic mass is 32.2. The van der Waals surface area contributed by atoms with E-state index in [1.165, 1.54) is 35.6 Å². The molecule has 10 atom stereocenters. The quantitative estimate of drug-likeness (QED) is 0.106. The molecule has 4 heterocycles. The van der Waals surface area contributed by atoms with E-state index in [1.54, 1.807) is 47.8 Å². The van der Waals surface area contributed by atoms with E-state index in [0.717, 1.165) is 54.0 Å². The molecule has 25 heteroatoms. The van der Waals surface area contributed by atoms with Gasteiger partial charge in [0.15, 0.2) is 30.7 Å². The molecule has 2 aromatic heterocycles. The number of hydrogen-bond donors (Lipinski definition) is 1. The Morgan fingerprint density at radius 2 is 1.15 bits per heavy atom. The van der Waals surface area contributed by atoms with Gasteiger partial charge in [0.1, 0.15) is 43.2 Å². The van der Waals surface area contributed by atoms with Crippen molar-refractivity contribution in [3.05, 3.63) is 83.2 Å². The second-order valence-corrected chi connectivity index (χ2v) is 19.2. The van der Waals surface area contributed by atoms with Crippen LogP contribution in [0.5, 0.6) is 5.88 Å². The van der Waals surface area contributed by atoms with Crippen LogP contribution in [0.4, 0.5) is 5.69 Å². The van der Waals surface area contributed by atoms with Gasteiger partial charge in [-0.05, 0) is 48.7 Å². The summed E-state index contributed by atoms with van der Waals surface area (Å²) in [6.45, 7) is 7.67. The van der Waals surface area contributed by atoms with Crippen molar-refractivity contribution in [1.29, 1.82) is 5.26 Å². The lowest BCUT2D eigenvalue weighted by molar-refractivity contribution is -0.354. The topological polar surface area (TPSA) is 304 Å². The number of nitriles is 1. The van der Waals surface area contributed by atoms with Crippen molar-refractivity contribution in [1.82, 2.24) is 4.98 Å². The highest BCUT2D eigenvalue weighted by Crippen LogP contribution is 2.40. The molecule has 2 aromatic carbocycles. The van der Waals surface area contributed by atoms with E-state index in [-0.39, 0.29) is 21.8 Å². The maximum absolute atomic E-state index is 13.2. The number of anilines is 1. The first-order valence-corrected chi connectivity index (χ1v) is 24.8. The van der Waals surface area contributed by atoms with Crippen molar-refractivity contribution in [3.63, 3.8) is 0 Å². The number of thiophene rings is 1. The molecular weight excluding hydrogens is 1010 g/mol. The number of pyridine rings is 1. The van der Waals surface area contributed by atoms with Crippen LogP contribution in [0.1, 0.15) is 59.6 Å². The van der Waals surface area contributed by atoms with Crippen LogP contribution in [0.3, 0.4) is 0 Å². The average molecular weight is 1070 g/mol. The van der Waals surface area contributed by atoms with Crippen LogP contribution < -0.4 is 9.46 Å². The van der Waals surface area contributed by atoms with Gasteiger partial charge in [-0.2, -0.15) is 5.26 Å². The zero-order valence-corrected chi connectivity index (χ0v) is 42.6. The van der Waals surface area contributed by atoms with Gasteiger partial charge in [-0.25, -0.2) is 13.4 Å². The molecule has 2 fully saturated rings. The number of esters is 7. The number of rotatable bonds is 18. The van der Waals surface area contributed by atoms with E-state index in [9.17, 15) is 47.2 Å². The Kier molecular flexibility index (Phi) is 18.5. The minimum Gasteiger partial charge on any atom is -0.463 e. The summed E-state index contributed by atoms with van der Waals surface area (Å²) in [7, 11) is -3.97. The molecule has 0 spiro atoms. The van der Waals surface area contributed by atoms with E-state index in [1.807, 2.05) is 6.92 Å². The summed E-state index contributed by atoms with van der Waals surface area (Å²) in [5.41, 5.74) is 1.89. The molecule has 1 N–H and O–H groups in total. The fourth-order valence-electron chi connectivity index (χ4n) is 7.81. The van der Waals surface area contributed by atoms with Crippen LogP contribution in [0.25, 0.3) is 21.7 Å². The minimum absolute atomic E-state index is 0.0462. The van der Waals surface area contributed by atoms with Crippen LogP contribution in [-0.2, 0) is 91.0 Å². The number of benzene rings is 2. The SMILES string of the molecule is CC(=O)OC[C@H]1O[C@@H](O[C@H]2[C@H](OC(C)=O)[C@@H](OC(C)=O)[C@H](Oc3nc(-c4ccc(NS(=O)(=O)c5ccc(C)cc5)cc4)cc(-c4cccs4)c3C#N)O[C@@H]2COC(C)=O)[C@H](OC(C)=O)[C@@H](OC(C)=O)[C@H]1OC(C)=O. The fourth-order valence-corrected chi connectivity index (χ4v) is 9.61. The predicted molar refractivity (Wildman–Crippen MR) is 254 cm³/mol. The predicted octanol–water partition coefficient (Wildman–Crippen LogP) is 4.46. The first-order chi connectivity index (χ1) is 35.0. The molecule has 4 aromatic rings. The summed E-state index contributed by atoms with van der Waals surface area (Å²) in [6.07, 6.45) is -17.5. The lowest BCUT2D eigenvalue weighted by Gasteiger charge is -2.48. The van der Waals surface area contributed by atoms with Crippen LogP contribution in [0.15, 0.2) is 77.0 Å². The average Bonchev–Trinajstić information content (AvgIpc) is 3.86. The maximum atomic E-state index is 13.2. The number of sulfonamides is 1. The smallest absolute Gasteiger partial charge is 0.303 e. The Bertz CT molecular complexity index is 2870. The zero-order valence-electron chi connectivity index (χ0n) is 41.0. The first kappa shape index (κ1) is 55.8. The van der Waals surface area contributed by atoms with Crippen LogP contribution in [0, 0.1) is 18.3 Å². The van der Waals surface area contributed by atoms with Gasteiger partial charge in [-0.3, -0.25) is 38.3 Å². The van der Waals surface area contributed by atoms with E-state index >= 15 is 0 Å². The maximum Gasteiger partial charge on any atom is 0.303 e. The summed E-state index contributed by atoms with van der Waals surface area (Å²) < 4.78 is 93.1. The van der Waals surface area contributed by atoms with Crippen molar-refractivity contribution in [2.45, 2.75) is 122 Å². The van der Waals surface area contributed by atoms with Gasteiger partial charge in [-0.15, -0.1) is 11.3 Å². The van der Waals surface area contributed by atoms with Crippen molar-refractivity contribution >= 4 is 68.8 Å². The molecule has 0 saturated carbocycles. The van der Waals surface area contributed by atoms with Gasteiger partial charge in [0, 0.05) is 70.2 Å². The molecule has 0 amide bonds. The summed E-state index contributed by atoms with van der Waals surface area (Å²) in [5, 5.41) is 12.5. The van der Waals surface area contributed by atoms with Crippen molar-refractivity contribution in [2.75, 3.05) is 17.9 Å². The third-order valence-electron chi connectivity index (χ3n) is 10.8. The first-order valence-electron chi connectivity index (χ1n) is 22.5. The molecule has 394 valence electrons. The van der Waals surface area contributed by atoms with Crippen molar-refractivity contribution < 1.29 is 94.1 Å². The van der Waals surface area contributed by atoms with Gasteiger partial charge >= 0.3 is 41.8 Å². The number of carbonyl (C=O) groups excluding carboxylic acids is 7. The molecular formula is C49H51N3O20S2. The number of nitrogens with one attached hydrogen (secondary N) is 1. The number of carbonyl (C=O) groups is 7. The highest BCUT2D eigenvalue weighted by molar-refractivity contribution is 7.92. The largest absolute Gasteiger partial charge is 0.463 e. The minimum atomic E-state index is -3.97. The Morgan fingerprint density at radius 1 is 0.649 bits per heavy atom. The summed E-state index contributed by atoms with van der Waals surface area (Å²) in [5.74, 6) is -6.84. The standard InChI is InChI=1S/C49H51N3O20S2/c1-24-11-17-34(18-12-24)74(60,61)52-33-15-13-32(14-16-33)37-20-35(40-10-9-19-73-40)36(21-50)47(51-37)72-49-46(68-31(8)59)44(66-29(6)57)42(39(70-49)23-63-26(3)54)71-48-45(67-30(7)58)43(65-28(5)56)41(64-27(4)55)38(69-48)22-62-25(2)53/h9-20,38-39,41-46,48-49,52H,22-23H2,1-8H3/t38-,39-,41+,42-,43+,44+,45-,46-,48+,49+/m1/s1. The molecule has 0 aliphatic carbocycles. The van der Waals surface area contributed by atoms with E-state index in [4.69, 9.17) is 52.1 Å². The molecule has 6 rings (SSSR count). The third kappa shape index (κ3) is 14.4. The highest BCUT2D eigenvalue weighted by Gasteiger charge is 2.58. The number of aryl methyl sites for hydroxylation is 1. The van der Waals surface area contributed by atoms with E-state index in [0.29, 0.717) is 16.0 Å². The molecule has 2 aliphatic heterocycles. The third-order valence-corrected chi connectivity index (χ3v) is 13.1. The van der Waals surface area contributed by atoms with E-state index < -0.39 is 132 Å². The molecule has 0 radical (unpaired) electrons. The molecule has 74 heavy (non-hydrogen) atoms. The normalized spacial score (nSPS) is 23.4. The monoisotopic (exact) mass is 1070 g/mol. The van der Waals surface area contributed by atoms with Crippen molar-refractivity contribution in [3.8, 4) is 33.6 Å². The molecule has 0 bridgehead atoms. The van der Waals surface area contributed by atoms with Gasteiger partial charge in [0.05, 0.1) is 10.6 Å². The molecule has 0 unspecified atom stereocenters. The summed E-state index contributed by atoms with van der Waals surface area (Å²) >= 11 is 1.27. The Morgan fingerprint density at radius 3 is 1.66 bits per heavy atom. The lowest BCUT2D eigenvalue weighted by atomic mass is 9.96. The molecule has 2 saturated heterocycles. The second kappa shape index (κ2) is 24.5. The second-order valence-electron chi connectivity index (χ2n) is 16.6. The lowest BCUT2D eigenvalue weighted by Crippen LogP contribution is -2.67. The Balaban J connectivity index is 1.44. The van der Waals surface area contributed by atoms with Gasteiger partial charge in [0.2, 0.25) is 18.3 Å². The number of hydrogen-bond acceptors (Lipinski definition) is 23. The van der Waals surface area contributed by atoms with E-state index in [2.05, 4.69) is 15.8 Å². The number of aromatic nitrogens is 1. The molecule has 23 nitrogen and oxygen atoms in total. The Labute approximate surface area is 428 Å². The van der Waals surface area contributed by atoms with Crippen molar-refractivity contribution in [2.24, 2.45) is 0 Å². The van der Waals surface area contributed by atoms with Crippen LogP contribution >= 0.6 is 11.3 Å². The number of nitrogens with zero attached hydrogens (tertiary/aromatic N) is 2. The Hall–Kier alpha value is -7.50. The summed E-state index contributed by atoms with van der Waals surface area (Å²) in [4.78, 5) is 93.5. The fraction of sp³-hybridized carbons (Fsp3) is 0.408. The zero-order chi connectivity index (χ0) is 54.0. The van der Waals surface area contributed by atoms with Gasteiger partial charge in [0.25, 0.3) is 10.0 Å². The summed E-state index contributed by atoms with van der Waals surface area (Å²) in [6, 6.07) is 19.6. The van der Waals surface area contributed by atoms with Gasteiger partial charge < -0.3 is 52.1 Å². The molecule has 2 aliphatic rings. The van der Waals surface area contributed by atoms with Crippen LogP contribution in [0.2, 0.25) is 0 Å². The number of ether oxygens (including phenoxy) is 11.